The van der Waals surface area contributed by atoms with E-state index in [1.165, 1.54) is 32.3 Å². The highest BCUT2D eigenvalue weighted by Gasteiger charge is 2.29. The molecule has 0 aliphatic carbocycles. The van der Waals surface area contributed by atoms with Crippen LogP contribution in [0.25, 0.3) is 0 Å². The van der Waals surface area contributed by atoms with E-state index in [4.69, 9.17) is 4.74 Å². The molecule has 0 aromatic heterocycles. The Morgan fingerprint density at radius 2 is 1.83 bits per heavy atom. The first-order chi connectivity index (χ1) is 13.6. The highest BCUT2D eigenvalue weighted by Crippen LogP contribution is 2.22. The number of anilines is 1. The van der Waals surface area contributed by atoms with Crippen molar-refractivity contribution in [1.29, 1.82) is 0 Å². The third kappa shape index (κ3) is 6.16. The molecule has 0 bridgehead atoms. The molecule has 1 amide bonds. The maximum atomic E-state index is 14.2. The first-order valence-corrected chi connectivity index (χ1v) is 10.5. The largest absolute Gasteiger partial charge is 0.491 e. The Kier molecular flexibility index (Phi) is 7.58. The van der Waals surface area contributed by atoms with E-state index in [1.54, 1.807) is 12.1 Å². The van der Waals surface area contributed by atoms with Gasteiger partial charge in [-0.25, -0.2) is 8.70 Å². The maximum Gasteiger partial charge on any atom is 0.304 e. The van der Waals surface area contributed by atoms with Gasteiger partial charge in [0.05, 0.1) is 11.8 Å². The van der Waals surface area contributed by atoms with E-state index in [9.17, 15) is 17.6 Å². The first-order valence-electron chi connectivity index (χ1n) is 9.08. The van der Waals surface area contributed by atoms with Crippen molar-refractivity contribution in [1.82, 2.24) is 9.62 Å². The smallest absolute Gasteiger partial charge is 0.304 e. The van der Waals surface area contributed by atoms with Crippen molar-refractivity contribution in [2.75, 3.05) is 24.9 Å². The van der Waals surface area contributed by atoms with Crippen LogP contribution in [0.4, 0.5) is 10.1 Å². The number of nitrogens with one attached hydrogen (secondary N) is 1. The fraction of sp³-hybridized carbons (Fsp3) is 0.350. The lowest BCUT2D eigenvalue weighted by molar-refractivity contribution is -0.119. The summed E-state index contributed by atoms with van der Waals surface area (Å²) in [5, 5.41) is 2.67. The molecular formula is C20H26FN3O4S. The summed E-state index contributed by atoms with van der Waals surface area (Å²) in [5.41, 5.74) is 0.605. The second-order valence-electron chi connectivity index (χ2n) is 6.84. The molecule has 2 aromatic rings. The normalized spacial score (nSPS) is 11.6. The fourth-order valence-corrected chi connectivity index (χ4v) is 3.60. The number of hydrogen-bond donors (Lipinski definition) is 1. The van der Waals surface area contributed by atoms with Crippen molar-refractivity contribution in [2.45, 2.75) is 26.5 Å². The number of carbonyl (C=O) groups is 1. The fourth-order valence-electron chi connectivity index (χ4n) is 2.53. The average Bonchev–Trinajstić information content (AvgIpc) is 2.64. The van der Waals surface area contributed by atoms with Gasteiger partial charge >= 0.3 is 10.2 Å². The minimum atomic E-state index is -4.07. The number of hydrogen-bond acceptors (Lipinski definition) is 4. The van der Waals surface area contributed by atoms with E-state index in [0.717, 1.165) is 20.2 Å². The van der Waals surface area contributed by atoms with Gasteiger partial charge in [-0.15, -0.1) is 0 Å². The first kappa shape index (κ1) is 22.6. The van der Waals surface area contributed by atoms with Crippen molar-refractivity contribution in [2.24, 2.45) is 0 Å². The van der Waals surface area contributed by atoms with E-state index in [-0.39, 0.29) is 18.3 Å². The molecule has 0 atom stereocenters. The number of halogens is 1. The van der Waals surface area contributed by atoms with Gasteiger partial charge in [0, 0.05) is 20.6 Å². The van der Waals surface area contributed by atoms with E-state index < -0.39 is 28.5 Å². The number of nitrogens with zero attached hydrogens (tertiary/aromatic N) is 2. The molecule has 2 rings (SSSR count). The Hall–Kier alpha value is -2.65. The van der Waals surface area contributed by atoms with Gasteiger partial charge in [-0.3, -0.25) is 4.79 Å². The Labute approximate surface area is 171 Å². The predicted molar refractivity (Wildman–Crippen MR) is 110 cm³/mol. The van der Waals surface area contributed by atoms with Crippen LogP contribution < -0.4 is 14.4 Å². The second-order valence-corrected chi connectivity index (χ2v) is 8.91. The number of carbonyl (C=O) groups excluding carboxylic acids is 1. The molecule has 1 N–H and O–H groups in total. The lowest BCUT2D eigenvalue weighted by atomic mass is 10.2. The molecule has 2 aromatic carbocycles. The molecule has 0 saturated carbocycles. The summed E-state index contributed by atoms with van der Waals surface area (Å²) in [5.74, 6) is -0.618. The average molecular weight is 424 g/mol. The van der Waals surface area contributed by atoms with Gasteiger partial charge in [-0.2, -0.15) is 12.7 Å². The number of amides is 1. The van der Waals surface area contributed by atoms with Gasteiger partial charge in [0.1, 0.15) is 18.1 Å². The minimum Gasteiger partial charge on any atom is -0.491 e. The zero-order valence-electron chi connectivity index (χ0n) is 16.9. The van der Waals surface area contributed by atoms with E-state index in [0.29, 0.717) is 5.75 Å². The Bertz CT molecular complexity index is 948. The van der Waals surface area contributed by atoms with Crippen molar-refractivity contribution < 1.29 is 22.3 Å². The molecule has 0 aliphatic rings. The molecule has 9 heteroatoms. The third-order valence-electron chi connectivity index (χ3n) is 3.91. The molecule has 0 radical (unpaired) electrons. The van der Waals surface area contributed by atoms with Gasteiger partial charge in [-0.1, -0.05) is 24.3 Å². The number of para-hydroxylation sites is 1. The number of rotatable bonds is 9. The van der Waals surface area contributed by atoms with Crippen molar-refractivity contribution >= 4 is 21.8 Å². The van der Waals surface area contributed by atoms with Crippen molar-refractivity contribution in [3.8, 4) is 5.75 Å². The zero-order valence-corrected chi connectivity index (χ0v) is 17.7. The molecule has 7 nitrogen and oxygen atoms in total. The van der Waals surface area contributed by atoms with Crippen LogP contribution in [0.5, 0.6) is 5.75 Å². The topological polar surface area (TPSA) is 79.0 Å². The summed E-state index contributed by atoms with van der Waals surface area (Å²) in [7, 11) is -1.43. The van der Waals surface area contributed by atoms with Crippen LogP contribution in [0.1, 0.15) is 19.4 Å². The van der Waals surface area contributed by atoms with Gasteiger partial charge in [-0.05, 0) is 43.7 Å². The summed E-state index contributed by atoms with van der Waals surface area (Å²) in [6.07, 6.45) is 0.0189. The quantitative estimate of drug-likeness (QED) is 0.672. The molecule has 0 aliphatic heterocycles. The van der Waals surface area contributed by atoms with Gasteiger partial charge in [0.25, 0.3) is 0 Å². The van der Waals surface area contributed by atoms with Crippen LogP contribution >= 0.6 is 0 Å². The standard InChI is InChI=1S/C20H26FN3O4S/c1-15(2)28-17-9-7-8-16(12-17)13-22-20(25)14-24(29(26,27)23(3)4)19-11-6-5-10-18(19)21/h5-12,15H,13-14H2,1-4H3,(H,22,25). The summed E-state index contributed by atoms with van der Waals surface area (Å²) in [6, 6.07) is 12.7. The molecular weight excluding hydrogens is 397 g/mol. The summed E-state index contributed by atoms with van der Waals surface area (Å²) in [6.45, 7) is 3.46. The van der Waals surface area contributed by atoms with Gasteiger partial charge in [0.15, 0.2) is 0 Å². The molecule has 158 valence electrons. The summed E-state index contributed by atoms with van der Waals surface area (Å²) >= 11 is 0. The molecule has 0 fully saturated rings. The lowest BCUT2D eigenvalue weighted by Gasteiger charge is -2.27. The van der Waals surface area contributed by atoms with Gasteiger partial charge < -0.3 is 10.1 Å². The van der Waals surface area contributed by atoms with Crippen molar-refractivity contribution in [3.05, 3.63) is 59.9 Å². The maximum absolute atomic E-state index is 14.2. The number of ether oxygens (including phenoxy) is 1. The van der Waals surface area contributed by atoms with E-state index in [2.05, 4.69) is 5.32 Å². The summed E-state index contributed by atoms with van der Waals surface area (Å²) in [4.78, 5) is 12.5. The second kappa shape index (κ2) is 9.71. The summed E-state index contributed by atoms with van der Waals surface area (Å²) < 4.78 is 46.8. The SMILES string of the molecule is CC(C)Oc1cccc(CNC(=O)CN(c2ccccc2F)S(=O)(=O)N(C)C)c1. The number of benzene rings is 2. The highest BCUT2D eigenvalue weighted by atomic mass is 32.2. The van der Waals surface area contributed by atoms with E-state index in [1.807, 2.05) is 26.0 Å². The van der Waals surface area contributed by atoms with Crippen LogP contribution in [-0.2, 0) is 21.5 Å². The highest BCUT2D eigenvalue weighted by molar-refractivity contribution is 7.90. The molecule has 0 unspecified atom stereocenters. The Morgan fingerprint density at radius 1 is 1.14 bits per heavy atom. The molecule has 0 spiro atoms. The van der Waals surface area contributed by atoms with E-state index >= 15 is 0 Å². The molecule has 0 heterocycles. The molecule has 0 saturated heterocycles. The predicted octanol–water partition coefficient (Wildman–Crippen LogP) is 2.54. The Morgan fingerprint density at radius 3 is 2.45 bits per heavy atom. The van der Waals surface area contributed by atoms with Gasteiger partial charge in [0.2, 0.25) is 5.91 Å². The van der Waals surface area contributed by atoms with Crippen LogP contribution in [0.15, 0.2) is 48.5 Å². The Balaban J connectivity index is 2.14. The molecule has 29 heavy (non-hydrogen) atoms. The van der Waals surface area contributed by atoms with Crippen LogP contribution in [0, 0.1) is 5.82 Å². The third-order valence-corrected chi connectivity index (χ3v) is 5.71. The monoisotopic (exact) mass is 423 g/mol. The van der Waals surface area contributed by atoms with Crippen LogP contribution in [0.3, 0.4) is 0 Å². The lowest BCUT2D eigenvalue weighted by Crippen LogP contribution is -2.46. The van der Waals surface area contributed by atoms with Crippen molar-refractivity contribution in [3.63, 3.8) is 0 Å². The van der Waals surface area contributed by atoms with Crippen LogP contribution in [0.2, 0.25) is 0 Å². The minimum absolute atomic E-state index is 0.0189. The van der Waals surface area contributed by atoms with Crippen LogP contribution in [-0.4, -0.2) is 45.4 Å². The zero-order chi connectivity index (χ0) is 21.6.